The van der Waals surface area contributed by atoms with Crippen LogP contribution < -0.4 is 10.6 Å². The van der Waals surface area contributed by atoms with Crippen LogP contribution in [0.25, 0.3) is 0 Å². The van der Waals surface area contributed by atoms with Crippen LogP contribution in [0.5, 0.6) is 0 Å². The van der Waals surface area contributed by atoms with Gasteiger partial charge in [0.15, 0.2) is 5.96 Å². The van der Waals surface area contributed by atoms with E-state index in [0.717, 1.165) is 23.4 Å². The van der Waals surface area contributed by atoms with Gasteiger partial charge in [-0.25, -0.2) is 13.4 Å². The highest BCUT2D eigenvalue weighted by Gasteiger charge is 2.26. The van der Waals surface area contributed by atoms with Crippen LogP contribution in [0.4, 0.5) is 0 Å². The Labute approximate surface area is 164 Å². The average molecular weight is 408 g/mol. The van der Waals surface area contributed by atoms with Crippen LogP contribution in [0.3, 0.4) is 0 Å². The molecule has 7 nitrogen and oxygen atoms in total. The standard InChI is InChI=1S/C18H25N5O2S2/c1-14-11-20-17(26-14)13-22-18(19-2)21-12-15-5-7-16(8-6-15)27(24,25)23-9-3-4-10-23/h5-8,11H,3-4,9-10,12-13H2,1-2H3,(H2,19,21,22). The maximum Gasteiger partial charge on any atom is 0.243 e. The lowest BCUT2D eigenvalue weighted by Gasteiger charge is -2.16. The topological polar surface area (TPSA) is 86.7 Å². The van der Waals surface area contributed by atoms with Gasteiger partial charge in [0.1, 0.15) is 5.01 Å². The molecule has 0 bridgehead atoms. The summed E-state index contributed by atoms with van der Waals surface area (Å²) in [5.74, 6) is 0.677. The molecule has 0 spiro atoms. The van der Waals surface area contributed by atoms with Crippen molar-refractivity contribution in [2.45, 2.75) is 37.8 Å². The number of hydrogen-bond donors (Lipinski definition) is 2. The summed E-state index contributed by atoms with van der Waals surface area (Å²) < 4.78 is 26.7. The number of rotatable bonds is 6. The van der Waals surface area contributed by atoms with Crippen LogP contribution in [-0.2, 0) is 23.1 Å². The molecule has 3 rings (SSSR count). The first-order valence-electron chi connectivity index (χ1n) is 8.94. The third kappa shape index (κ3) is 5.06. The van der Waals surface area contributed by atoms with Crippen molar-refractivity contribution >= 4 is 27.3 Å². The summed E-state index contributed by atoms with van der Waals surface area (Å²) in [6, 6.07) is 7.04. The minimum absolute atomic E-state index is 0.356. The molecule has 0 amide bonds. The Morgan fingerprint density at radius 1 is 1.19 bits per heavy atom. The molecule has 1 aliphatic heterocycles. The Morgan fingerprint density at radius 2 is 1.85 bits per heavy atom. The predicted octanol–water partition coefficient (Wildman–Crippen LogP) is 2.10. The highest BCUT2D eigenvalue weighted by molar-refractivity contribution is 7.89. The van der Waals surface area contributed by atoms with Crippen molar-refractivity contribution in [2.24, 2.45) is 4.99 Å². The van der Waals surface area contributed by atoms with Crippen LogP contribution >= 0.6 is 11.3 Å². The molecule has 0 unspecified atom stereocenters. The average Bonchev–Trinajstić information content (AvgIpc) is 3.34. The Hall–Kier alpha value is -1.97. The summed E-state index contributed by atoms with van der Waals surface area (Å²) in [4.78, 5) is 10.1. The van der Waals surface area contributed by atoms with Crippen molar-refractivity contribution in [3.05, 3.63) is 45.9 Å². The van der Waals surface area contributed by atoms with E-state index in [1.807, 2.05) is 25.3 Å². The summed E-state index contributed by atoms with van der Waals surface area (Å²) in [6.45, 7) is 4.44. The summed E-state index contributed by atoms with van der Waals surface area (Å²) in [5, 5.41) is 7.46. The van der Waals surface area contributed by atoms with Crippen molar-refractivity contribution in [3.8, 4) is 0 Å². The maximum atomic E-state index is 12.6. The van der Waals surface area contributed by atoms with E-state index in [9.17, 15) is 8.42 Å². The molecule has 0 radical (unpaired) electrons. The molecular formula is C18H25N5O2S2. The quantitative estimate of drug-likeness (QED) is 0.566. The van der Waals surface area contributed by atoms with Gasteiger partial charge in [-0.3, -0.25) is 4.99 Å². The Kier molecular flexibility index (Phi) is 6.46. The second-order valence-electron chi connectivity index (χ2n) is 6.40. The van der Waals surface area contributed by atoms with E-state index in [-0.39, 0.29) is 0 Å². The first kappa shape index (κ1) is 19.8. The number of sulfonamides is 1. The van der Waals surface area contributed by atoms with Crippen molar-refractivity contribution in [1.29, 1.82) is 0 Å². The maximum absolute atomic E-state index is 12.6. The Morgan fingerprint density at radius 3 is 2.44 bits per heavy atom. The van der Waals surface area contributed by atoms with Gasteiger partial charge in [-0.1, -0.05) is 12.1 Å². The second-order valence-corrected chi connectivity index (χ2v) is 9.66. The van der Waals surface area contributed by atoms with Gasteiger partial charge in [-0.05, 0) is 37.5 Å². The highest BCUT2D eigenvalue weighted by Crippen LogP contribution is 2.21. The first-order chi connectivity index (χ1) is 13.0. The molecule has 2 heterocycles. The van der Waals surface area contributed by atoms with Crippen LogP contribution in [0.2, 0.25) is 0 Å². The van der Waals surface area contributed by atoms with E-state index in [2.05, 4.69) is 20.6 Å². The summed E-state index contributed by atoms with van der Waals surface area (Å²) in [7, 11) is -1.64. The summed E-state index contributed by atoms with van der Waals surface area (Å²) in [6.07, 6.45) is 3.73. The minimum Gasteiger partial charge on any atom is -0.352 e. The van der Waals surface area contributed by atoms with Gasteiger partial charge in [0, 0.05) is 37.8 Å². The molecule has 1 aromatic heterocycles. The molecule has 0 aliphatic carbocycles. The molecule has 2 aromatic rings. The highest BCUT2D eigenvalue weighted by atomic mass is 32.2. The zero-order valence-corrected chi connectivity index (χ0v) is 17.2. The van der Waals surface area contributed by atoms with Gasteiger partial charge < -0.3 is 10.6 Å². The van der Waals surface area contributed by atoms with Gasteiger partial charge in [-0.2, -0.15) is 4.31 Å². The van der Waals surface area contributed by atoms with Crippen LogP contribution in [0, 0.1) is 6.92 Å². The lowest BCUT2D eigenvalue weighted by atomic mass is 10.2. The van der Waals surface area contributed by atoms with Crippen molar-refractivity contribution < 1.29 is 8.42 Å². The molecule has 0 saturated carbocycles. The van der Waals surface area contributed by atoms with Crippen molar-refractivity contribution in [1.82, 2.24) is 19.9 Å². The molecule has 1 fully saturated rings. The molecule has 1 aliphatic rings. The lowest BCUT2D eigenvalue weighted by Crippen LogP contribution is -2.36. The normalized spacial score (nSPS) is 15.9. The number of aromatic nitrogens is 1. The fourth-order valence-corrected chi connectivity index (χ4v) is 5.15. The predicted molar refractivity (Wildman–Crippen MR) is 108 cm³/mol. The molecule has 1 aromatic carbocycles. The van der Waals surface area contributed by atoms with Gasteiger partial charge in [0.25, 0.3) is 0 Å². The smallest absolute Gasteiger partial charge is 0.243 e. The van der Waals surface area contributed by atoms with E-state index in [1.165, 1.54) is 4.88 Å². The van der Waals surface area contributed by atoms with E-state index < -0.39 is 10.0 Å². The van der Waals surface area contributed by atoms with Gasteiger partial charge in [0.05, 0.1) is 11.4 Å². The van der Waals surface area contributed by atoms with Crippen molar-refractivity contribution in [3.63, 3.8) is 0 Å². The number of aryl methyl sites for hydroxylation is 1. The number of hydrogen-bond acceptors (Lipinski definition) is 5. The number of nitrogens with zero attached hydrogens (tertiary/aromatic N) is 3. The third-order valence-corrected chi connectivity index (χ3v) is 7.21. The zero-order chi connectivity index (χ0) is 19.3. The number of nitrogens with one attached hydrogen (secondary N) is 2. The molecule has 0 atom stereocenters. The zero-order valence-electron chi connectivity index (χ0n) is 15.6. The number of thiazole rings is 1. The van der Waals surface area contributed by atoms with E-state index >= 15 is 0 Å². The SMILES string of the molecule is CN=C(NCc1ccc(S(=O)(=O)N2CCCC2)cc1)NCc1ncc(C)s1. The van der Waals surface area contributed by atoms with E-state index in [4.69, 9.17) is 0 Å². The molecule has 1 saturated heterocycles. The van der Waals surface area contributed by atoms with Crippen LogP contribution in [-0.4, -0.2) is 43.8 Å². The number of benzene rings is 1. The Balaban J connectivity index is 1.54. The van der Waals surface area contributed by atoms with E-state index in [1.54, 1.807) is 34.8 Å². The number of aliphatic imine (C=N–C) groups is 1. The number of guanidine groups is 1. The van der Waals surface area contributed by atoms with Crippen molar-refractivity contribution in [2.75, 3.05) is 20.1 Å². The summed E-state index contributed by atoms with van der Waals surface area (Å²) >= 11 is 1.65. The Bertz CT molecular complexity index is 885. The monoisotopic (exact) mass is 407 g/mol. The second kappa shape index (κ2) is 8.81. The fourth-order valence-electron chi connectivity index (χ4n) is 2.91. The first-order valence-corrected chi connectivity index (χ1v) is 11.2. The van der Waals surface area contributed by atoms with Gasteiger partial charge >= 0.3 is 0 Å². The van der Waals surface area contributed by atoms with Gasteiger partial charge in [0.2, 0.25) is 10.0 Å². The minimum atomic E-state index is -3.36. The van der Waals surface area contributed by atoms with Crippen LogP contribution in [0.1, 0.15) is 28.3 Å². The molecule has 9 heteroatoms. The van der Waals surface area contributed by atoms with Crippen LogP contribution in [0.15, 0.2) is 40.4 Å². The largest absolute Gasteiger partial charge is 0.352 e. The summed E-state index contributed by atoms with van der Waals surface area (Å²) in [5.41, 5.74) is 0.989. The third-order valence-electron chi connectivity index (χ3n) is 4.39. The van der Waals surface area contributed by atoms with Gasteiger partial charge in [-0.15, -0.1) is 11.3 Å². The molecule has 2 N–H and O–H groups in total. The fraction of sp³-hybridized carbons (Fsp3) is 0.444. The molecule has 27 heavy (non-hydrogen) atoms. The lowest BCUT2D eigenvalue weighted by molar-refractivity contribution is 0.477. The molecule has 146 valence electrons. The molecular weight excluding hydrogens is 382 g/mol. The van der Waals surface area contributed by atoms with E-state index in [0.29, 0.717) is 37.0 Å².